The number of rotatable bonds is 5. The number of thioether (sulfide) groups is 1. The van der Waals surface area contributed by atoms with E-state index in [1.165, 1.54) is 0 Å². The Morgan fingerprint density at radius 1 is 1.12 bits per heavy atom. The van der Waals surface area contributed by atoms with Crippen molar-refractivity contribution in [3.63, 3.8) is 0 Å². The lowest BCUT2D eigenvalue weighted by Crippen LogP contribution is -2.12. The predicted octanol–water partition coefficient (Wildman–Crippen LogP) is 4.70. The van der Waals surface area contributed by atoms with Crippen molar-refractivity contribution in [3.8, 4) is 17.2 Å². The maximum absolute atomic E-state index is 12.1. The average Bonchev–Trinajstić information content (AvgIpc) is 3.06. The molecular formula is C18H15ClN2O3S. The van der Waals surface area contributed by atoms with Gasteiger partial charge in [-0.25, -0.2) is 0 Å². The number of nitrogens with zero attached hydrogens (tertiary/aromatic N) is 2. The van der Waals surface area contributed by atoms with Crippen LogP contribution < -0.4 is 4.74 Å². The summed E-state index contributed by atoms with van der Waals surface area (Å²) in [6.07, 6.45) is 0. The van der Waals surface area contributed by atoms with Gasteiger partial charge in [0.15, 0.2) is 0 Å². The summed E-state index contributed by atoms with van der Waals surface area (Å²) in [6.45, 7) is 3.80. The lowest BCUT2D eigenvalue weighted by Gasteiger charge is -2.09. The topological polar surface area (TPSA) is 65.2 Å². The highest BCUT2D eigenvalue weighted by molar-refractivity contribution is 7.99. The highest BCUT2D eigenvalue weighted by Crippen LogP contribution is 2.29. The van der Waals surface area contributed by atoms with Crippen molar-refractivity contribution in [2.75, 3.05) is 5.75 Å². The van der Waals surface area contributed by atoms with Crippen molar-refractivity contribution in [2.24, 2.45) is 0 Å². The lowest BCUT2D eigenvalue weighted by molar-refractivity contribution is -0.131. The number of halogens is 1. The maximum Gasteiger partial charge on any atom is 0.321 e. The van der Waals surface area contributed by atoms with Gasteiger partial charge in [0.25, 0.3) is 5.22 Å². The number of hydrogen-bond donors (Lipinski definition) is 0. The van der Waals surface area contributed by atoms with Gasteiger partial charge in [0.1, 0.15) is 11.5 Å². The molecule has 0 aliphatic heterocycles. The Labute approximate surface area is 154 Å². The minimum absolute atomic E-state index is 0.0674. The summed E-state index contributed by atoms with van der Waals surface area (Å²) >= 11 is 7.23. The number of aryl methyl sites for hydroxylation is 2. The second-order valence-corrected chi connectivity index (χ2v) is 6.67. The van der Waals surface area contributed by atoms with E-state index in [2.05, 4.69) is 10.2 Å². The molecule has 0 unspecified atom stereocenters. The summed E-state index contributed by atoms with van der Waals surface area (Å²) in [5, 5.41) is 8.70. The second kappa shape index (κ2) is 7.72. The molecule has 0 bridgehead atoms. The van der Waals surface area contributed by atoms with E-state index in [4.69, 9.17) is 20.8 Å². The highest BCUT2D eigenvalue weighted by atomic mass is 35.5. The molecule has 0 spiro atoms. The molecule has 7 heteroatoms. The van der Waals surface area contributed by atoms with Gasteiger partial charge in [-0.3, -0.25) is 4.79 Å². The number of aromatic nitrogens is 2. The van der Waals surface area contributed by atoms with Gasteiger partial charge in [-0.1, -0.05) is 53.7 Å². The summed E-state index contributed by atoms with van der Waals surface area (Å²) in [4.78, 5) is 12.1. The molecule has 25 heavy (non-hydrogen) atoms. The van der Waals surface area contributed by atoms with Crippen LogP contribution in [0.15, 0.2) is 52.1 Å². The quantitative estimate of drug-likeness (QED) is 0.366. The van der Waals surface area contributed by atoms with E-state index in [0.717, 1.165) is 22.9 Å². The standard InChI is InChI=1S/C18H15ClN2O3S/c1-11-6-5-7-12(2)16(11)23-15(22)10-25-18-21-20-17(24-18)13-8-3-4-9-14(13)19/h3-9H,10H2,1-2H3. The normalized spacial score (nSPS) is 10.7. The number of esters is 1. The van der Waals surface area contributed by atoms with Crippen LogP contribution in [0.25, 0.3) is 11.5 Å². The molecular weight excluding hydrogens is 360 g/mol. The zero-order chi connectivity index (χ0) is 17.8. The van der Waals surface area contributed by atoms with Crippen molar-refractivity contribution < 1.29 is 13.9 Å². The summed E-state index contributed by atoms with van der Waals surface area (Å²) in [7, 11) is 0. The van der Waals surface area contributed by atoms with E-state index in [1.54, 1.807) is 12.1 Å². The van der Waals surface area contributed by atoms with E-state index in [1.807, 2.05) is 44.2 Å². The number of para-hydroxylation sites is 1. The summed E-state index contributed by atoms with van der Waals surface area (Å²) in [5.41, 5.74) is 2.48. The Morgan fingerprint density at radius 3 is 2.56 bits per heavy atom. The van der Waals surface area contributed by atoms with Crippen LogP contribution in [0.1, 0.15) is 11.1 Å². The molecule has 0 saturated carbocycles. The average molecular weight is 375 g/mol. The Balaban J connectivity index is 1.63. The number of carbonyl (C=O) groups excluding carboxylic acids is 1. The molecule has 0 aliphatic rings. The Kier molecular flexibility index (Phi) is 5.40. The van der Waals surface area contributed by atoms with Crippen LogP contribution in [0.5, 0.6) is 5.75 Å². The monoisotopic (exact) mass is 374 g/mol. The molecule has 0 atom stereocenters. The van der Waals surface area contributed by atoms with E-state index >= 15 is 0 Å². The third-order valence-electron chi connectivity index (χ3n) is 3.45. The minimum atomic E-state index is -0.375. The van der Waals surface area contributed by atoms with E-state index in [-0.39, 0.29) is 16.9 Å². The second-order valence-electron chi connectivity index (χ2n) is 5.34. The molecule has 128 valence electrons. The Bertz CT molecular complexity index is 891. The van der Waals surface area contributed by atoms with Gasteiger partial charge >= 0.3 is 5.97 Å². The van der Waals surface area contributed by atoms with E-state index in [9.17, 15) is 4.79 Å². The molecule has 2 aromatic carbocycles. The molecule has 0 amide bonds. The smallest absolute Gasteiger partial charge is 0.321 e. The fraction of sp³-hybridized carbons (Fsp3) is 0.167. The maximum atomic E-state index is 12.1. The van der Waals surface area contributed by atoms with Gasteiger partial charge in [0.05, 0.1) is 10.6 Å². The molecule has 5 nitrogen and oxygen atoms in total. The molecule has 0 fully saturated rings. The van der Waals surface area contributed by atoms with Crippen molar-refractivity contribution in [1.29, 1.82) is 0 Å². The number of carbonyl (C=O) groups is 1. The first-order valence-electron chi connectivity index (χ1n) is 7.52. The van der Waals surface area contributed by atoms with Crippen molar-refractivity contribution in [3.05, 3.63) is 58.6 Å². The van der Waals surface area contributed by atoms with Crippen LogP contribution in [0, 0.1) is 13.8 Å². The first kappa shape index (κ1) is 17.5. The first-order valence-corrected chi connectivity index (χ1v) is 8.89. The van der Waals surface area contributed by atoms with Gasteiger partial charge in [-0.05, 0) is 37.1 Å². The van der Waals surface area contributed by atoms with Crippen molar-refractivity contribution in [1.82, 2.24) is 10.2 Å². The first-order chi connectivity index (χ1) is 12.0. The SMILES string of the molecule is Cc1cccc(C)c1OC(=O)CSc1nnc(-c2ccccc2Cl)o1. The Morgan fingerprint density at radius 2 is 1.84 bits per heavy atom. The zero-order valence-corrected chi connectivity index (χ0v) is 15.2. The molecule has 0 aliphatic carbocycles. The summed E-state index contributed by atoms with van der Waals surface area (Å²) in [5.74, 6) is 0.601. The molecule has 1 heterocycles. The van der Waals surface area contributed by atoms with Crippen LogP contribution >= 0.6 is 23.4 Å². The molecule has 0 saturated heterocycles. The lowest BCUT2D eigenvalue weighted by atomic mass is 10.1. The van der Waals surface area contributed by atoms with Gasteiger partial charge in [0, 0.05) is 0 Å². The summed E-state index contributed by atoms with van der Waals surface area (Å²) < 4.78 is 11.0. The fourth-order valence-corrected chi connectivity index (χ4v) is 2.99. The highest BCUT2D eigenvalue weighted by Gasteiger charge is 2.15. The number of ether oxygens (including phenoxy) is 1. The zero-order valence-electron chi connectivity index (χ0n) is 13.7. The van der Waals surface area contributed by atoms with Crippen LogP contribution in [0.2, 0.25) is 5.02 Å². The van der Waals surface area contributed by atoms with Crippen LogP contribution in [-0.4, -0.2) is 21.9 Å². The van der Waals surface area contributed by atoms with E-state index < -0.39 is 0 Å². The molecule has 0 N–H and O–H groups in total. The number of hydrogen-bond acceptors (Lipinski definition) is 6. The van der Waals surface area contributed by atoms with Gasteiger partial charge in [-0.2, -0.15) is 0 Å². The molecule has 0 radical (unpaired) electrons. The van der Waals surface area contributed by atoms with Crippen LogP contribution in [0.3, 0.4) is 0 Å². The van der Waals surface area contributed by atoms with Gasteiger partial charge in [0.2, 0.25) is 5.89 Å². The van der Waals surface area contributed by atoms with E-state index in [0.29, 0.717) is 22.2 Å². The molecule has 3 aromatic rings. The van der Waals surface area contributed by atoms with Gasteiger partial charge < -0.3 is 9.15 Å². The van der Waals surface area contributed by atoms with Crippen molar-refractivity contribution >= 4 is 29.3 Å². The third-order valence-corrected chi connectivity index (χ3v) is 4.57. The third kappa shape index (κ3) is 4.21. The predicted molar refractivity (Wildman–Crippen MR) is 97.0 cm³/mol. The number of benzene rings is 2. The van der Waals surface area contributed by atoms with Crippen LogP contribution in [-0.2, 0) is 4.79 Å². The molecule has 1 aromatic heterocycles. The fourth-order valence-electron chi connectivity index (χ4n) is 2.24. The minimum Gasteiger partial charge on any atom is -0.425 e. The summed E-state index contributed by atoms with van der Waals surface area (Å²) in [6, 6.07) is 12.9. The molecule has 3 rings (SSSR count). The Hall–Kier alpha value is -2.31. The van der Waals surface area contributed by atoms with Crippen molar-refractivity contribution in [2.45, 2.75) is 19.1 Å². The van der Waals surface area contributed by atoms with Gasteiger partial charge in [-0.15, -0.1) is 10.2 Å². The van der Waals surface area contributed by atoms with Crippen LogP contribution in [0.4, 0.5) is 0 Å². The largest absolute Gasteiger partial charge is 0.425 e.